The van der Waals surface area contributed by atoms with E-state index >= 15 is 0 Å². The quantitative estimate of drug-likeness (QED) is 0.777. The zero-order chi connectivity index (χ0) is 15.1. The van der Waals surface area contributed by atoms with E-state index in [4.69, 9.17) is 4.74 Å². The first-order valence-electron chi connectivity index (χ1n) is 7.31. The lowest BCUT2D eigenvalue weighted by Gasteiger charge is -2.31. The SMILES string of the molecule is CCCNC(c1cc(F)ccc1F)C(OCC)C(C)C. The van der Waals surface area contributed by atoms with Gasteiger partial charge in [0.1, 0.15) is 11.6 Å². The number of benzene rings is 1. The topological polar surface area (TPSA) is 21.3 Å². The van der Waals surface area contributed by atoms with Gasteiger partial charge in [0.05, 0.1) is 12.1 Å². The lowest BCUT2D eigenvalue weighted by molar-refractivity contribution is 0.00196. The van der Waals surface area contributed by atoms with Crippen LogP contribution >= 0.6 is 0 Å². The number of nitrogens with one attached hydrogen (secondary N) is 1. The lowest BCUT2D eigenvalue weighted by Crippen LogP contribution is -2.38. The van der Waals surface area contributed by atoms with Crippen molar-refractivity contribution >= 4 is 0 Å². The fraction of sp³-hybridized carbons (Fsp3) is 0.625. The standard InChI is InChI=1S/C16H25F2NO/c1-5-9-19-15(16(11(3)4)20-6-2)13-10-12(17)7-8-14(13)18/h7-8,10-11,15-16,19H,5-6,9H2,1-4H3. The number of hydrogen-bond acceptors (Lipinski definition) is 2. The van der Waals surface area contributed by atoms with Crippen molar-refractivity contribution in [1.29, 1.82) is 0 Å². The van der Waals surface area contributed by atoms with Crippen LogP contribution in [0.15, 0.2) is 18.2 Å². The fourth-order valence-electron chi connectivity index (χ4n) is 2.32. The molecule has 0 aliphatic carbocycles. The second kappa shape index (κ2) is 8.32. The highest BCUT2D eigenvalue weighted by Gasteiger charge is 2.28. The van der Waals surface area contributed by atoms with E-state index in [2.05, 4.69) is 5.32 Å². The molecule has 1 rings (SSSR count). The lowest BCUT2D eigenvalue weighted by atomic mass is 9.92. The Bertz CT molecular complexity index is 409. The van der Waals surface area contributed by atoms with Gasteiger partial charge < -0.3 is 10.1 Å². The van der Waals surface area contributed by atoms with Crippen LogP contribution < -0.4 is 5.32 Å². The molecule has 0 saturated heterocycles. The van der Waals surface area contributed by atoms with Crippen molar-refractivity contribution in [3.8, 4) is 0 Å². The van der Waals surface area contributed by atoms with E-state index in [0.29, 0.717) is 12.2 Å². The number of ether oxygens (including phenoxy) is 1. The Morgan fingerprint density at radius 1 is 1.20 bits per heavy atom. The molecule has 114 valence electrons. The van der Waals surface area contributed by atoms with Gasteiger partial charge in [-0.25, -0.2) is 8.78 Å². The molecule has 0 amide bonds. The van der Waals surface area contributed by atoms with Gasteiger partial charge in [-0.1, -0.05) is 20.8 Å². The van der Waals surface area contributed by atoms with Gasteiger partial charge in [0, 0.05) is 12.2 Å². The van der Waals surface area contributed by atoms with Crippen molar-refractivity contribution in [2.24, 2.45) is 5.92 Å². The normalized spacial score (nSPS) is 14.6. The molecule has 2 nitrogen and oxygen atoms in total. The van der Waals surface area contributed by atoms with Crippen LogP contribution in [0.2, 0.25) is 0 Å². The molecule has 0 spiro atoms. The van der Waals surface area contributed by atoms with Crippen LogP contribution in [0.25, 0.3) is 0 Å². The van der Waals surface area contributed by atoms with E-state index in [9.17, 15) is 8.78 Å². The molecule has 1 aromatic rings. The zero-order valence-electron chi connectivity index (χ0n) is 12.7. The summed E-state index contributed by atoms with van der Waals surface area (Å²) in [6, 6.07) is 3.23. The Hall–Kier alpha value is -1.00. The van der Waals surface area contributed by atoms with Crippen LogP contribution in [0, 0.1) is 17.6 Å². The van der Waals surface area contributed by atoms with E-state index in [0.717, 1.165) is 19.0 Å². The molecule has 0 fully saturated rings. The van der Waals surface area contributed by atoms with Crippen LogP contribution in [-0.4, -0.2) is 19.3 Å². The Morgan fingerprint density at radius 3 is 2.45 bits per heavy atom. The van der Waals surface area contributed by atoms with Crippen LogP contribution in [-0.2, 0) is 4.74 Å². The van der Waals surface area contributed by atoms with Gasteiger partial charge in [-0.05, 0) is 44.0 Å². The average Bonchev–Trinajstić information content (AvgIpc) is 2.41. The van der Waals surface area contributed by atoms with Crippen molar-refractivity contribution in [3.05, 3.63) is 35.4 Å². The Morgan fingerprint density at radius 2 is 1.90 bits per heavy atom. The maximum Gasteiger partial charge on any atom is 0.128 e. The molecule has 0 aliphatic heterocycles. The molecule has 0 aromatic heterocycles. The monoisotopic (exact) mass is 285 g/mol. The van der Waals surface area contributed by atoms with E-state index in [1.165, 1.54) is 12.1 Å². The minimum atomic E-state index is -0.427. The minimum absolute atomic E-state index is 0.192. The summed E-state index contributed by atoms with van der Waals surface area (Å²) in [6.45, 7) is 9.28. The van der Waals surface area contributed by atoms with Crippen LogP contribution in [0.4, 0.5) is 8.78 Å². The zero-order valence-corrected chi connectivity index (χ0v) is 12.7. The first-order valence-corrected chi connectivity index (χ1v) is 7.31. The third-order valence-electron chi connectivity index (χ3n) is 3.25. The molecule has 1 aromatic carbocycles. The van der Waals surface area contributed by atoms with Crippen molar-refractivity contribution in [2.45, 2.75) is 46.3 Å². The predicted molar refractivity (Wildman–Crippen MR) is 77.6 cm³/mol. The Kier molecular flexibility index (Phi) is 7.10. The van der Waals surface area contributed by atoms with Gasteiger partial charge in [0.15, 0.2) is 0 Å². The third-order valence-corrected chi connectivity index (χ3v) is 3.25. The van der Waals surface area contributed by atoms with Crippen molar-refractivity contribution < 1.29 is 13.5 Å². The second-order valence-electron chi connectivity index (χ2n) is 5.26. The number of halogens is 2. The third kappa shape index (κ3) is 4.53. The van der Waals surface area contributed by atoms with Gasteiger partial charge >= 0.3 is 0 Å². The maximum absolute atomic E-state index is 14.0. The van der Waals surface area contributed by atoms with Gasteiger partial charge in [-0.2, -0.15) is 0 Å². The van der Waals surface area contributed by atoms with E-state index in [1.807, 2.05) is 27.7 Å². The summed E-state index contributed by atoms with van der Waals surface area (Å²) < 4.78 is 33.3. The molecule has 0 radical (unpaired) electrons. The molecule has 2 unspecified atom stereocenters. The Balaban J connectivity index is 3.11. The fourth-order valence-corrected chi connectivity index (χ4v) is 2.32. The summed E-state index contributed by atoms with van der Waals surface area (Å²) in [5.74, 6) is -0.624. The minimum Gasteiger partial charge on any atom is -0.376 e. The van der Waals surface area contributed by atoms with Crippen LogP contribution in [0.5, 0.6) is 0 Å². The predicted octanol–water partition coefficient (Wildman–Crippen LogP) is 4.07. The number of hydrogen-bond donors (Lipinski definition) is 1. The molecule has 0 heterocycles. The summed E-state index contributed by atoms with van der Waals surface area (Å²) >= 11 is 0. The summed E-state index contributed by atoms with van der Waals surface area (Å²) in [7, 11) is 0. The molecule has 2 atom stereocenters. The molecule has 4 heteroatoms. The van der Waals surface area contributed by atoms with E-state index in [-0.39, 0.29) is 18.1 Å². The Labute approximate surface area is 120 Å². The summed E-state index contributed by atoms with van der Waals surface area (Å²) in [6.07, 6.45) is 0.729. The molecule has 20 heavy (non-hydrogen) atoms. The average molecular weight is 285 g/mol. The summed E-state index contributed by atoms with van der Waals surface area (Å²) in [5.41, 5.74) is 0.339. The smallest absolute Gasteiger partial charge is 0.128 e. The second-order valence-corrected chi connectivity index (χ2v) is 5.26. The molecule has 0 saturated carbocycles. The maximum atomic E-state index is 14.0. The van der Waals surface area contributed by atoms with Crippen LogP contribution in [0.3, 0.4) is 0 Å². The first-order chi connectivity index (χ1) is 9.51. The van der Waals surface area contributed by atoms with Crippen molar-refractivity contribution in [2.75, 3.05) is 13.2 Å². The van der Waals surface area contributed by atoms with Gasteiger partial charge in [0.25, 0.3) is 0 Å². The molecule has 0 aliphatic rings. The highest BCUT2D eigenvalue weighted by Crippen LogP contribution is 2.27. The van der Waals surface area contributed by atoms with Gasteiger partial charge in [0.2, 0.25) is 0 Å². The number of rotatable bonds is 8. The molecule has 1 N–H and O–H groups in total. The van der Waals surface area contributed by atoms with Crippen molar-refractivity contribution in [3.63, 3.8) is 0 Å². The highest BCUT2D eigenvalue weighted by molar-refractivity contribution is 5.23. The summed E-state index contributed by atoms with van der Waals surface area (Å²) in [5, 5.41) is 3.29. The van der Waals surface area contributed by atoms with Gasteiger partial charge in [-0.15, -0.1) is 0 Å². The largest absolute Gasteiger partial charge is 0.376 e. The van der Waals surface area contributed by atoms with Crippen LogP contribution in [0.1, 0.15) is 45.7 Å². The highest BCUT2D eigenvalue weighted by atomic mass is 19.1. The molecular formula is C16H25F2NO. The molecular weight excluding hydrogens is 260 g/mol. The van der Waals surface area contributed by atoms with Crippen molar-refractivity contribution in [1.82, 2.24) is 5.32 Å². The van der Waals surface area contributed by atoms with E-state index < -0.39 is 11.6 Å². The van der Waals surface area contributed by atoms with Gasteiger partial charge in [-0.3, -0.25) is 0 Å². The molecule has 0 bridgehead atoms. The summed E-state index contributed by atoms with van der Waals surface area (Å²) in [4.78, 5) is 0. The van der Waals surface area contributed by atoms with E-state index in [1.54, 1.807) is 0 Å². The first kappa shape index (κ1) is 17.1.